The molecule has 0 amide bonds. The largest absolute Gasteiger partial charge is 0.416 e. The normalized spacial score (nSPS) is 17.3. The number of halogens is 3. The number of hydrogen-bond donors (Lipinski definition) is 3. The van der Waals surface area contributed by atoms with Gasteiger partial charge in [-0.05, 0) is 24.5 Å². The van der Waals surface area contributed by atoms with E-state index in [1.165, 1.54) is 17.3 Å². The molecule has 1 aromatic carbocycles. The minimum Gasteiger partial charge on any atom is -0.403 e. The van der Waals surface area contributed by atoms with Crippen molar-refractivity contribution in [1.82, 2.24) is 9.91 Å². The van der Waals surface area contributed by atoms with Crippen LogP contribution in [0.3, 0.4) is 0 Å². The fourth-order valence-corrected chi connectivity index (χ4v) is 2.88. The number of aliphatic hydroxyl groups is 1. The highest BCUT2D eigenvalue weighted by atomic mass is 19.4. The van der Waals surface area contributed by atoms with Gasteiger partial charge in [-0.2, -0.15) is 13.2 Å². The van der Waals surface area contributed by atoms with Crippen molar-refractivity contribution in [3.63, 3.8) is 0 Å². The Hall–Kier alpha value is -2.03. The SMILES string of the molecule is C=CCN1CCC(O)(Cc2cccc(C(F)(F)F)c2)CC1.CN(N)/C=C\N. The Labute approximate surface area is 158 Å². The molecule has 1 aromatic rings. The molecule has 1 aliphatic rings. The number of hydrogen-bond acceptors (Lipinski definition) is 5. The number of piperidine rings is 1. The Kier molecular flexibility index (Phi) is 8.81. The minimum absolute atomic E-state index is 0.263. The highest BCUT2D eigenvalue weighted by Gasteiger charge is 2.34. The van der Waals surface area contributed by atoms with Crippen LogP contribution in [0.4, 0.5) is 13.2 Å². The summed E-state index contributed by atoms with van der Waals surface area (Å²) in [4.78, 5) is 2.17. The molecule has 5 N–H and O–H groups in total. The van der Waals surface area contributed by atoms with Crippen molar-refractivity contribution in [1.29, 1.82) is 0 Å². The van der Waals surface area contributed by atoms with Gasteiger partial charge in [-0.1, -0.05) is 24.3 Å². The molecule has 152 valence electrons. The second-order valence-electron chi connectivity index (χ2n) is 6.70. The van der Waals surface area contributed by atoms with Crippen LogP contribution < -0.4 is 11.6 Å². The Balaban J connectivity index is 0.000000527. The Morgan fingerprint density at radius 3 is 2.41 bits per heavy atom. The lowest BCUT2D eigenvalue weighted by Crippen LogP contribution is -2.45. The van der Waals surface area contributed by atoms with Crippen LogP contribution in [0.15, 0.2) is 49.3 Å². The van der Waals surface area contributed by atoms with E-state index in [0.717, 1.165) is 31.8 Å². The molecule has 0 atom stereocenters. The van der Waals surface area contributed by atoms with Crippen LogP contribution in [0.25, 0.3) is 0 Å². The van der Waals surface area contributed by atoms with E-state index in [4.69, 9.17) is 11.6 Å². The van der Waals surface area contributed by atoms with Gasteiger partial charge in [0.05, 0.1) is 11.2 Å². The van der Waals surface area contributed by atoms with E-state index in [1.807, 2.05) is 6.08 Å². The summed E-state index contributed by atoms with van der Waals surface area (Å²) in [5, 5.41) is 11.9. The second-order valence-corrected chi connectivity index (χ2v) is 6.70. The molecular formula is C19H29F3N4O. The third-order valence-electron chi connectivity index (χ3n) is 4.28. The molecule has 0 radical (unpaired) electrons. The number of benzene rings is 1. The van der Waals surface area contributed by atoms with Crippen LogP contribution in [0.5, 0.6) is 0 Å². The first kappa shape index (κ1) is 23.0. The van der Waals surface area contributed by atoms with Crippen LogP contribution in [0, 0.1) is 0 Å². The summed E-state index contributed by atoms with van der Waals surface area (Å²) in [6.45, 7) is 5.93. The lowest BCUT2D eigenvalue weighted by molar-refractivity contribution is -0.137. The first-order chi connectivity index (χ1) is 12.6. The van der Waals surface area contributed by atoms with Gasteiger partial charge in [0.15, 0.2) is 0 Å². The van der Waals surface area contributed by atoms with Gasteiger partial charge in [0.25, 0.3) is 0 Å². The van der Waals surface area contributed by atoms with Crippen molar-refractivity contribution in [2.45, 2.75) is 31.0 Å². The van der Waals surface area contributed by atoms with Gasteiger partial charge in [0, 0.05) is 45.5 Å². The number of nitrogens with two attached hydrogens (primary N) is 2. The smallest absolute Gasteiger partial charge is 0.403 e. The van der Waals surface area contributed by atoms with Crippen LogP contribution in [0.2, 0.25) is 0 Å². The highest BCUT2D eigenvalue weighted by molar-refractivity contribution is 5.27. The standard InChI is InChI=1S/C16H20F3NO.C3H9N3/c1-2-8-20-9-6-15(21,7-10-20)12-13-4-3-5-14(11-13)16(17,18)19;1-6(5)3-2-4/h2-5,11,21H,1,6-10,12H2;2-3H,4-5H2,1H3/b;3-2-. The molecule has 0 unspecified atom stereocenters. The lowest BCUT2D eigenvalue weighted by atomic mass is 9.85. The summed E-state index contributed by atoms with van der Waals surface area (Å²) in [6, 6.07) is 5.23. The number of nitrogens with zero attached hydrogens (tertiary/aromatic N) is 2. The maximum atomic E-state index is 12.7. The van der Waals surface area contributed by atoms with E-state index >= 15 is 0 Å². The molecule has 0 aliphatic carbocycles. The first-order valence-electron chi connectivity index (χ1n) is 8.67. The third kappa shape index (κ3) is 8.47. The monoisotopic (exact) mass is 386 g/mol. The summed E-state index contributed by atoms with van der Waals surface area (Å²) in [5.41, 5.74) is 3.88. The van der Waals surface area contributed by atoms with Crippen molar-refractivity contribution in [2.75, 3.05) is 26.7 Å². The van der Waals surface area contributed by atoms with Crippen LogP contribution in [0.1, 0.15) is 24.0 Å². The molecule has 0 bridgehead atoms. The molecule has 2 rings (SSSR count). The molecular weight excluding hydrogens is 357 g/mol. The van der Waals surface area contributed by atoms with Gasteiger partial charge < -0.3 is 15.8 Å². The quantitative estimate of drug-likeness (QED) is 0.412. The Bertz CT molecular complexity index is 609. The van der Waals surface area contributed by atoms with Gasteiger partial charge in [-0.15, -0.1) is 6.58 Å². The molecule has 0 saturated carbocycles. The predicted molar refractivity (Wildman–Crippen MR) is 101 cm³/mol. The Morgan fingerprint density at radius 1 is 1.33 bits per heavy atom. The van der Waals surface area contributed by atoms with Crippen molar-refractivity contribution in [3.8, 4) is 0 Å². The first-order valence-corrected chi connectivity index (χ1v) is 8.67. The van der Waals surface area contributed by atoms with Crippen molar-refractivity contribution < 1.29 is 18.3 Å². The van der Waals surface area contributed by atoms with Gasteiger partial charge in [-0.3, -0.25) is 4.90 Å². The summed E-state index contributed by atoms with van der Waals surface area (Å²) in [5.74, 6) is 5.07. The van der Waals surface area contributed by atoms with Crippen molar-refractivity contribution in [2.24, 2.45) is 11.6 Å². The Morgan fingerprint density at radius 2 is 1.96 bits per heavy atom. The van der Waals surface area contributed by atoms with Crippen LogP contribution in [-0.4, -0.2) is 47.3 Å². The molecule has 8 heteroatoms. The molecule has 1 aliphatic heterocycles. The van der Waals surface area contributed by atoms with Gasteiger partial charge in [-0.25, -0.2) is 5.84 Å². The van der Waals surface area contributed by atoms with E-state index < -0.39 is 17.3 Å². The number of hydrazine groups is 1. The summed E-state index contributed by atoms with van der Waals surface area (Å²) in [7, 11) is 1.70. The molecule has 1 heterocycles. The van der Waals surface area contributed by atoms with E-state index in [2.05, 4.69) is 11.5 Å². The zero-order valence-electron chi connectivity index (χ0n) is 15.6. The minimum atomic E-state index is -4.34. The van der Waals surface area contributed by atoms with E-state index in [9.17, 15) is 18.3 Å². The molecule has 5 nitrogen and oxygen atoms in total. The van der Waals surface area contributed by atoms with Crippen molar-refractivity contribution in [3.05, 3.63) is 60.4 Å². The average Bonchev–Trinajstić information content (AvgIpc) is 2.57. The second kappa shape index (κ2) is 10.3. The van der Waals surface area contributed by atoms with Crippen LogP contribution in [-0.2, 0) is 12.6 Å². The molecule has 0 spiro atoms. The third-order valence-corrected chi connectivity index (χ3v) is 4.28. The fourth-order valence-electron chi connectivity index (χ4n) is 2.88. The van der Waals surface area contributed by atoms with Crippen molar-refractivity contribution >= 4 is 0 Å². The summed E-state index contributed by atoms with van der Waals surface area (Å²) >= 11 is 0. The van der Waals surface area contributed by atoms with Gasteiger partial charge in [0.2, 0.25) is 0 Å². The van der Waals surface area contributed by atoms with E-state index in [1.54, 1.807) is 19.3 Å². The predicted octanol–water partition coefficient (Wildman–Crippen LogP) is 2.48. The zero-order valence-corrected chi connectivity index (χ0v) is 15.6. The van der Waals surface area contributed by atoms with Gasteiger partial charge >= 0.3 is 6.18 Å². The highest BCUT2D eigenvalue weighted by Crippen LogP contribution is 2.32. The molecule has 0 aromatic heterocycles. The van der Waals surface area contributed by atoms with E-state index in [-0.39, 0.29) is 6.42 Å². The molecule has 1 saturated heterocycles. The maximum Gasteiger partial charge on any atom is 0.416 e. The van der Waals surface area contributed by atoms with E-state index in [0.29, 0.717) is 18.4 Å². The summed E-state index contributed by atoms with van der Waals surface area (Å²) < 4.78 is 38.1. The fraction of sp³-hybridized carbons (Fsp3) is 0.474. The number of alkyl halides is 3. The molecule has 1 fully saturated rings. The number of rotatable bonds is 5. The number of likely N-dealkylation sites (tertiary alicyclic amines) is 1. The van der Waals surface area contributed by atoms with Crippen LogP contribution >= 0.6 is 0 Å². The average molecular weight is 386 g/mol. The topological polar surface area (TPSA) is 78.8 Å². The zero-order chi connectivity index (χ0) is 20.5. The summed E-state index contributed by atoms with van der Waals surface area (Å²) in [6.07, 6.45) is 1.80. The maximum absolute atomic E-state index is 12.7. The molecule has 27 heavy (non-hydrogen) atoms. The van der Waals surface area contributed by atoms with Gasteiger partial charge in [0.1, 0.15) is 0 Å². The lowest BCUT2D eigenvalue weighted by Gasteiger charge is -2.38.